The quantitative estimate of drug-likeness (QED) is 0.522. The van der Waals surface area contributed by atoms with Crippen LogP contribution in [0.1, 0.15) is 42.8 Å². The lowest BCUT2D eigenvalue weighted by Gasteiger charge is -2.37. The van der Waals surface area contributed by atoms with E-state index in [9.17, 15) is 0 Å². The van der Waals surface area contributed by atoms with Crippen molar-refractivity contribution >= 4 is 5.69 Å². The van der Waals surface area contributed by atoms with Crippen LogP contribution in [0.4, 0.5) is 5.69 Å². The summed E-state index contributed by atoms with van der Waals surface area (Å²) in [6, 6.07) is 15.6. The molecule has 0 aromatic heterocycles. The number of hydrogen-bond donors (Lipinski definition) is 2. The van der Waals surface area contributed by atoms with E-state index in [0.717, 1.165) is 29.7 Å². The molecule has 2 aromatic carbocycles. The van der Waals surface area contributed by atoms with Crippen molar-refractivity contribution in [1.82, 2.24) is 0 Å². The number of rotatable bonds is 8. The van der Waals surface area contributed by atoms with Crippen molar-refractivity contribution in [2.24, 2.45) is 5.92 Å². The first-order valence-corrected chi connectivity index (χ1v) is 9.74. The molecule has 3 N–H and O–H groups in total. The minimum Gasteiger partial charge on any atom is -0.496 e. The Kier molecular flexibility index (Phi) is 7.48. The monoisotopic (exact) mass is 383 g/mol. The van der Waals surface area contributed by atoms with E-state index in [2.05, 4.69) is 12.1 Å². The zero-order valence-corrected chi connectivity index (χ0v) is 16.3. The molecule has 0 radical (unpaired) electrons. The van der Waals surface area contributed by atoms with Gasteiger partial charge >= 0.3 is 0 Å². The number of nitrogens with two attached hydrogens (primary N) is 1. The Morgan fingerprint density at radius 3 is 2.54 bits per heavy atom. The van der Waals surface area contributed by atoms with E-state index in [1.165, 1.54) is 0 Å². The van der Waals surface area contributed by atoms with Crippen LogP contribution in [0, 0.1) is 5.92 Å². The van der Waals surface area contributed by atoms with Gasteiger partial charge < -0.3 is 25.1 Å². The number of nitrogen functional groups attached to an aromatic ring is 1. The van der Waals surface area contributed by atoms with Crippen LogP contribution >= 0.6 is 0 Å². The number of allylic oxidation sites excluding steroid dienone is 1. The van der Waals surface area contributed by atoms with Crippen molar-refractivity contribution < 1.29 is 19.3 Å². The highest BCUT2D eigenvalue weighted by Crippen LogP contribution is 2.43. The van der Waals surface area contributed by atoms with Crippen molar-refractivity contribution in [3.63, 3.8) is 0 Å². The Hall–Kier alpha value is -2.34. The van der Waals surface area contributed by atoms with Crippen molar-refractivity contribution in [3.8, 4) is 5.75 Å². The van der Waals surface area contributed by atoms with E-state index in [1.807, 2.05) is 48.5 Å². The molecule has 0 unspecified atom stereocenters. The molecule has 1 fully saturated rings. The zero-order chi connectivity index (χ0) is 19.8. The van der Waals surface area contributed by atoms with Gasteiger partial charge in [0.25, 0.3) is 0 Å². The average molecular weight is 383 g/mol. The molecule has 0 amide bonds. The van der Waals surface area contributed by atoms with Gasteiger partial charge in [-0.05, 0) is 31.4 Å². The maximum atomic E-state index is 8.91. The Balaban J connectivity index is 1.81. The van der Waals surface area contributed by atoms with Crippen LogP contribution in [0.5, 0.6) is 5.75 Å². The Morgan fingerprint density at radius 2 is 1.79 bits per heavy atom. The van der Waals surface area contributed by atoms with Crippen molar-refractivity contribution in [2.75, 3.05) is 26.1 Å². The molecule has 3 rings (SSSR count). The summed E-state index contributed by atoms with van der Waals surface area (Å²) in [5, 5.41) is 8.91. The SMILES string of the molecule is COc1ccccc1[C@H]1O[C@@H](c2ccccc2N)OC[C@H]1CC/C=C\CCO. The summed E-state index contributed by atoms with van der Waals surface area (Å²) in [6.07, 6.45) is 5.97. The molecule has 1 heterocycles. The van der Waals surface area contributed by atoms with Gasteiger partial charge in [-0.2, -0.15) is 0 Å². The number of anilines is 1. The predicted octanol–water partition coefficient (Wildman–Crippen LogP) is 4.40. The van der Waals surface area contributed by atoms with Crippen LogP contribution in [0.25, 0.3) is 0 Å². The minimum absolute atomic E-state index is 0.152. The van der Waals surface area contributed by atoms with Crippen LogP contribution in [0.15, 0.2) is 60.7 Å². The van der Waals surface area contributed by atoms with Crippen LogP contribution in [-0.2, 0) is 9.47 Å². The summed E-state index contributed by atoms with van der Waals surface area (Å²) in [7, 11) is 1.68. The molecule has 0 saturated carbocycles. The van der Waals surface area contributed by atoms with Gasteiger partial charge in [0.05, 0.1) is 19.8 Å². The van der Waals surface area contributed by atoms with Gasteiger partial charge in [0.15, 0.2) is 6.29 Å². The van der Waals surface area contributed by atoms with Crippen molar-refractivity contribution in [1.29, 1.82) is 0 Å². The molecule has 0 spiro atoms. The van der Waals surface area contributed by atoms with Crippen molar-refractivity contribution in [3.05, 3.63) is 71.8 Å². The second kappa shape index (κ2) is 10.3. The van der Waals surface area contributed by atoms with E-state index < -0.39 is 6.29 Å². The molecule has 0 aliphatic carbocycles. The number of aliphatic hydroxyl groups is 1. The Labute approximate surface area is 166 Å². The molecule has 5 nitrogen and oxygen atoms in total. The normalized spacial score (nSPS) is 22.4. The molecule has 1 saturated heterocycles. The summed E-state index contributed by atoms with van der Waals surface area (Å²) >= 11 is 0. The third-order valence-electron chi connectivity index (χ3n) is 5.02. The first-order valence-electron chi connectivity index (χ1n) is 9.74. The highest BCUT2D eigenvalue weighted by atomic mass is 16.7. The number of aliphatic hydroxyl groups excluding tert-OH is 1. The van der Waals surface area contributed by atoms with E-state index in [4.69, 9.17) is 25.1 Å². The van der Waals surface area contributed by atoms with Gasteiger partial charge in [0.2, 0.25) is 0 Å². The molecular formula is C23H29NO4. The predicted molar refractivity (Wildman–Crippen MR) is 110 cm³/mol. The number of benzene rings is 2. The molecule has 1 aliphatic rings. The number of methoxy groups -OCH3 is 1. The van der Waals surface area contributed by atoms with Crippen LogP contribution in [-0.4, -0.2) is 25.4 Å². The number of ether oxygens (including phenoxy) is 3. The summed E-state index contributed by atoms with van der Waals surface area (Å²) in [5.74, 6) is 1.01. The second-order valence-corrected chi connectivity index (χ2v) is 6.91. The molecule has 0 bridgehead atoms. The second-order valence-electron chi connectivity index (χ2n) is 6.91. The largest absolute Gasteiger partial charge is 0.496 e. The Bertz CT molecular complexity index is 777. The molecular weight excluding hydrogens is 354 g/mol. The maximum Gasteiger partial charge on any atom is 0.186 e. The fourth-order valence-corrected chi connectivity index (χ4v) is 3.55. The summed E-state index contributed by atoms with van der Waals surface area (Å²) < 4.78 is 18.1. The summed E-state index contributed by atoms with van der Waals surface area (Å²) in [6.45, 7) is 0.756. The fraction of sp³-hybridized carbons (Fsp3) is 0.391. The maximum absolute atomic E-state index is 8.91. The average Bonchev–Trinajstić information content (AvgIpc) is 2.74. The van der Waals surface area contributed by atoms with Gasteiger partial charge in [-0.25, -0.2) is 0 Å². The molecule has 5 heteroatoms. The third-order valence-corrected chi connectivity index (χ3v) is 5.02. The van der Waals surface area contributed by atoms with E-state index in [-0.39, 0.29) is 18.6 Å². The van der Waals surface area contributed by atoms with Gasteiger partial charge in [-0.3, -0.25) is 0 Å². The number of hydrogen-bond acceptors (Lipinski definition) is 5. The zero-order valence-electron chi connectivity index (χ0n) is 16.3. The lowest BCUT2D eigenvalue weighted by Crippen LogP contribution is -2.31. The lowest BCUT2D eigenvalue weighted by atomic mass is 9.90. The topological polar surface area (TPSA) is 73.9 Å². The fourth-order valence-electron chi connectivity index (χ4n) is 3.55. The molecule has 1 aliphatic heterocycles. The Morgan fingerprint density at radius 1 is 1.07 bits per heavy atom. The standard InChI is InChI=1S/C23H29NO4/c1-26-21-14-8-6-12-19(21)22-17(10-4-2-3-9-15-25)16-27-23(28-22)18-11-5-7-13-20(18)24/h2-3,5-8,11-14,17,22-23,25H,4,9-10,15-16,24H2,1H3/b3-2-/t17-,22+,23+/m1/s1. The lowest BCUT2D eigenvalue weighted by molar-refractivity contribution is -0.245. The smallest absolute Gasteiger partial charge is 0.186 e. The highest BCUT2D eigenvalue weighted by molar-refractivity contribution is 5.47. The molecule has 28 heavy (non-hydrogen) atoms. The first-order chi connectivity index (χ1) is 13.7. The molecule has 3 atom stereocenters. The number of para-hydroxylation sites is 2. The van der Waals surface area contributed by atoms with E-state index >= 15 is 0 Å². The summed E-state index contributed by atoms with van der Waals surface area (Å²) in [5.41, 5.74) is 8.68. The van der Waals surface area contributed by atoms with Crippen LogP contribution < -0.4 is 10.5 Å². The van der Waals surface area contributed by atoms with Crippen LogP contribution in [0.2, 0.25) is 0 Å². The van der Waals surface area contributed by atoms with Crippen molar-refractivity contribution in [2.45, 2.75) is 31.7 Å². The summed E-state index contributed by atoms with van der Waals surface area (Å²) in [4.78, 5) is 0. The van der Waals surface area contributed by atoms with Gasteiger partial charge in [-0.15, -0.1) is 0 Å². The third kappa shape index (κ3) is 4.93. The first kappa shape index (κ1) is 20.4. The van der Waals surface area contributed by atoms with Gasteiger partial charge in [0, 0.05) is 29.3 Å². The van der Waals surface area contributed by atoms with Gasteiger partial charge in [-0.1, -0.05) is 48.6 Å². The highest BCUT2D eigenvalue weighted by Gasteiger charge is 2.35. The van der Waals surface area contributed by atoms with Crippen LogP contribution in [0.3, 0.4) is 0 Å². The van der Waals surface area contributed by atoms with Gasteiger partial charge in [0.1, 0.15) is 5.75 Å². The minimum atomic E-state index is -0.503. The van der Waals surface area contributed by atoms with E-state index in [0.29, 0.717) is 18.7 Å². The molecule has 2 aromatic rings. The molecule has 150 valence electrons. The van der Waals surface area contributed by atoms with E-state index in [1.54, 1.807) is 7.11 Å².